The molecule has 3 heteroatoms. The molecule has 0 aromatic rings. The largest absolute Gasteiger partial charge is 0.340 e. The first-order chi connectivity index (χ1) is 8.56. The van der Waals surface area contributed by atoms with E-state index in [1.54, 1.807) is 0 Å². The normalized spacial score (nSPS) is 24.3. The highest BCUT2D eigenvalue weighted by atomic mass is 16.2. The van der Waals surface area contributed by atoms with Gasteiger partial charge in [0.05, 0.1) is 5.92 Å². The third-order valence-electron chi connectivity index (χ3n) is 3.83. The van der Waals surface area contributed by atoms with Gasteiger partial charge in [-0.3, -0.25) is 4.79 Å². The van der Waals surface area contributed by atoms with Gasteiger partial charge in [0.2, 0.25) is 5.91 Å². The topological polar surface area (TPSA) is 32.3 Å². The molecule has 0 spiro atoms. The fraction of sp³-hybridized carbons (Fsp3) is 0.933. The predicted octanol–water partition coefficient (Wildman–Crippen LogP) is 2.66. The molecule has 3 nitrogen and oxygen atoms in total. The van der Waals surface area contributed by atoms with Crippen LogP contribution in [0.3, 0.4) is 0 Å². The minimum atomic E-state index is 0.192. The van der Waals surface area contributed by atoms with E-state index in [9.17, 15) is 4.79 Å². The molecule has 0 aromatic heterocycles. The Kier molecular flexibility index (Phi) is 6.69. The van der Waals surface area contributed by atoms with Crippen LogP contribution in [0.2, 0.25) is 0 Å². The summed E-state index contributed by atoms with van der Waals surface area (Å²) in [5.41, 5.74) is 0. The van der Waals surface area contributed by atoms with Crippen LogP contribution in [0.4, 0.5) is 0 Å². The molecule has 1 aliphatic rings. The lowest BCUT2D eigenvalue weighted by atomic mass is 9.90. The molecule has 1 saturated heterocycles. The Balaban J connectivity index is 2.52. The van der Waals surface area contributed by atoms with Crippen molar-refractivity contribution >= 4 is 5.91 Å². The van der Waals surface area contributed by atoms with E-state index in [0.717, 1.165) is 32.5 Å². The van der Waals surface area contributed by atoms with E-state index in [0.29, 0.717) is 17.9 Å². The predicted molar refractivity (Wildman–Crippen MR) is 76.5 cm³/mol. The number of carbonyl (C=O) groups is 1. The number of hydrogen-bond donors (Lipinski definition) is 1. The quantitative estimate of drug-likeness (QED) is 0.739. The fourth-order valence-electron chi connectivity index (χ4n) is 2.73. The summed E-state index contributed by atoms with van der Waals surface area (Å²) in [6.07, 6.45) is 4.61. The second kappa shape index (κ2) is 7.78. The first-order valence-corrected chi connectivity index (χ1v) is 7.57. The first kappa shape index (κ1) is 15.5. The van der Waals surface area contributed by atoms with Crippen molar-refractivity contribution in [1.82, 2.24) is 10.2 Å². The molecule has 106 valence electrons. The minimum absolute atomic E-state index is 0.192. The number of rotatable bonds is 6. The number of carbonyl (C=O) groups excluding carboxylic acids is 1. The van der Waals surface area contributed by atoms with Crippen LogP contribution in [-0.2, 0) is 4.79 Å². The molecule has 1 heterocycles. The zero-order valence-corrected chi connectivity index (χ0v) is 12.5. The minimum Gasteiger partial charge on any atom is -0.340 e. The van der Waals surface area contributed by atoms with Gasteiger partial charge in [0, 0.05) is 19.1 Å². The van der Waals surface area contributed by atoms with Gasteiger partial charge in [-0.2, -0.15) is 0 Å². The number of hydrogen-bond acceptors (Lipinski definition) is 2. The SMILES string of the molecule is CCCCCN(C(=O)C1CNCC(C)C1)C(C)C. The Morgan fingerprint density at radius 3 is 2.61 bits per heavy atom. The molecule has 1 amide bonds. The summed E-state index contributed by atoms with van der Waals surface area (Å²) in [6, 6.07) is 0.326. The van der Waals surface area contributed by atoms with Gasteiger partial charge in [-0.25, -0.2) is 0 Å². The number of unbranched alkanes of at least 4 members (excludes halogenated alkanes) is 2. The molecule has 0 aliphatic carbocycles. The van der Waals surface area contributed by atoms with Crippen LogP contribution >= 0.6 is 0 Å². The molecule has 0 bridgehead atoms. The lowest BCUT2D eigenvalue weighted by molar-refractivity contribution is -0.138. The van der Waals surface area contributed by atoms with Crippen LogP contribution in [0, 0.1) is 11.8 Å². The number of nitrogens with one attached hydrogen (secondary N) is 1. The lowest BCUT2D eigenvalue weighted by Crippen LogP contribution is -2.47. The van der Waals surface area contributed by atoms with E-state index in [2.05, 4.69) is 37.9 Å². The summed E-state index contributed by atoms with van der Waals surface area (Å²) < 4.78 is 0. The van der Waals surface area contributed by atoms with Gasteiger partial charge >= 0.3 is 0 Å². The van der Waals surface area contributed by atoms with Crippen LogP contribution in [-0.4, -0.2) is 36.5 Å². The highest BCUT2D eigenvalue weighted by molar-refractivity contribution is 5.79. The first-order valence-electron chi connectivity index (χ1n) is 7.57. The zero-order valence-electron chi connectivity index (χ0n) is 12.5. The summed E-state index contributed by atoms with van der Waals surface area (Å²) >= 11 is 0. The van der Waals surface area contributed by atoms with Crippen molar-refractivity contribution in [2.45, 2.75) is 59.4 Å². The lowest BCUT2D eigenvalue weighted by Gasteiger charge is -2.34. The number of amides is 1. The molecule has 2 atom stereocenters. The number of nitrogens with zero attached hydrogens (tertiary/aromatic N) is 1. The summed E-state index contributed by atoms with van der Waals surface area (Å²) in [6.45, 7) is 11.5. The van der Waals surface area contributed by atoms with Crippen molar-refractivity contribution in [3.8, 4) is 0 Å². The molecule has 1 aliphatic heterocycles. The maximum absolute atomic E-state index is 12.6. The van der Waals surface area contributed by atoms with Crippen LogP contribution in [0.25, 0.3) is 0 Å². The summed E-state index contributed by atoms with van der Waals surface area (Å²) in [5, 5.41) is 3.38. The number of piperidine rings is 1. The maximum Gasteiger partial charge on any atom is 0.227 e. The van der Waals surface area contributed by atoms with E-state index >= 15 is 0 Å². The van der Waals surface area contributed by atoms with Crippen LogP contribution < -0.4 is 5.32 Å². The molecule has 1 fully saturated rings. The average molecular weight is 254 g/mol. The highest BCUT2D eigenvalue weighted by Gasteiger charge is 2.29. The molecule has 1 rings (SSSR count). The molecule has 0 radical (unpaired) electrons. The standard InChI is InChI=1S/C15H30N2O/c1-5-6-7-8-17(12(2)3)15(18)14-9-13(4)10-16-11-14/h12-14,16H,5-11H2,1-4H3. The van der Waals surface area contributed by atoms with E-state index < -0.39 is 0 Å². The van der Waals surface area contributed by atoms with E-state index in [-0.39, 0.29) is 5.92 Å². The van der Waals surface area contributed by atoms with Crippen LogP contribution in [0.1, 0.15) is 53.4 Å². The van der Waals surface area contributed by atoms with Gasteiger partial charge in [-0.05, 0) is 39.2 Å². The molecule has 2 unspecified atom stereocenters. The monoisotopic (exact) mass is 254 g/mol. The van der Waals surface area contributed by atoms with E-state index in [1.165, 1.54) is 12.8 Å². The van der Waals surface area contributed by atoms with Gasteiger partial charge in [0.1, 0.15) is 0 Å². The Morgan fingerprint density at radius 1 is 1.33 bits per heavy atom. The van der Waals surface area contributed by atoms with Crippen LogP contribution in [0.5, 0.6) is 0 Å². The molecule has 1 N–H and O–H groups in total. The fourth-order valence-corrected chi connectivity index (χ4v) is 2.73. The van der Waals surface area contributed by atoms with Gasteiger partial charge in [-0.1, -0.05) is 26.7 Å². The van der Waals surface area contributed by atoms with Crippen molar-refractivity contribution in [3.63, 3.8) is 0 Å². The molecule has 18 heavy (non-hydrogen) atoms. The third-order valence-corrected chi connectivity index (χ3v) is 3.83. The average Bonchev–Trinajstić information content (AvgIpc) is 2.33. The van der Waals surface area contributed by atoms with Crippen molar-refractivity contribution < 1.29 is 4.79 Å². The van der Waals surface area contributed by atoms with Crippen molar-refractivity contribution in [1.29, 1.82) is 0 Å². The van der Waals surface area contributed by atoms with Crippen LogP contribution in [0.15, 0.2) is 0 Å². The van der Waals surface area contributed by atoms with Gasteiger partial charge in [-0.15, -0.1) is 0 Å². The Morgan fingerprint density at radius 2 is 2.06 bits per heavy atom. The van der Waals surface area contributed by atoms with Crippen molar-refractivity contribution in [2.24, 2.45) is 11.8 Å². The molecular formula is C15H30N2O. The second-order valence-corrected chi connectivity index (χ2v) is 6.03. The van der Waals surface area contributed by atoms with E-state index in [4.69, 9.17) is 0 Å². The second-order valence-electron chi connectivity index (χ2n) is 6.03. The zero-order chi connectivity index (χ0) is 13.5. The van der Waals surface area contributed by atoms with E-state index in [1.807, 2.05) is 0 Å². The summed E-state index contributed by atoms with van der Waals surface area (Å²) in [5.74, 6) is 1.18. The van der Waals surface area contributed by atoms with Gasteiger partial charge in [0.25, 0.3) is 0 Å². The molecule has 0 saturated carbocycles. The Labute approximate surface area is 112 Å². The molecular weight excluding hydrogens is 224 g/mol. The maximum atomic E-state index is 12.6. The summed E-state index contributed by atoms with van der Waals surface area (Å²) in [4.78, 5) is 14.6. The smallest absolute Gasteiger partial charge is 0.227 e. The molecule has 0 aromatic carbocycles. The van der Waals surface area contributed by atoms with Crippen molar-refractivity contribution in [3.05, 3.63) is 0 Å². The highest BCUT2D eigenvalue weighted by Crippen LogP contribution is 2.19. The van der Waals surface area contributed by atoms with Gasteiger partial charge in [0.15, 0.2) is 0 Å². The Bertz CT molecular complexity index is 253. The Hall–Kier alpha value is -0.570. The van der Waals surface area contributed by atoms with Crippen molar-refractivity contribution in [2.75, 3.05) is 19.6 Å². The third kappa shape index (κ3) is 4.60. The summed E-state index contributed by atoms with van der Waals surface area (Å²) in [7, 11) is 0. The van der Waals surface area contributed by atoms with Gasteiger partial charge < -0.3 is 10.2 Å².